The summed E-state index contributed by atoms with van der Waals surface area (Å²) in [5, 5.41) is 3.55. The molecule has 1 aliphatic heterocycles. The van der Waals surface area contributed by atoms with E-state index in [0.717, 1.165) is 57.0 Å². The standard InChI is InChI=1S/C36H29N3O/c1-3-14-27(4-2)38(28-15-8-5-9-16-28)31-21-23-33-35(25-31)40-36-26-32(22-24-34(36)37-33)39(29-17-10-6-11-18-29)30-19-12-7-13-20-30/h3-26,37H,1-2H2/b27-14+. The molecule has 0 fully saturated rings. The average Bonchev–Trinajstić information content (AvgIpc) is 3.01. The monoisotopic (exact) mass is 519 g/mol. The van der Waals surface area contributed by atoms with Crippen LogP contribution in [0.25, 0.3) is 0 Å². The second-order valence-corrected chi connectivity index (χ2v) is 9.30. The topological polar surface area (TPSA) is 27.7 Å². The van der Waals surface area contributed by atoms with Crippen LogP contribution in [0.15, 0.2) is 164 Å². The predicted molar refractivity (Wildman–Crippen MR) is 168 cm³/mol. The number of anilines is 7. The Balaban J connectivity index is 1.39. The Kier molecular flexibility index (Phi) is 6.89. The van der Waals surface area contributed by atoms with Crippen LogP contribution in [0, 0.1) is 0 Å². The number of nitrogens with zero attached hydrogens (tertiary/aromatic N) is 2. The number of fused-ring (bicyclic) bond motifs is 2. The summed E-state index contributed by atoms with van der Waals surface area (Å²) >= 11 is 0. The number of nitrogens with one attached hydrogen (secondary N) is 1. The van der Waals surface area contributed by atoms with Crippen LogP contribution < -0.4 is 19.9 Å². The van der Waals surface area contributed by atoms with Gasteiger partial charge in [-0.3, -0.25) is 0 Å². The van der Waals surface area contributed by atoms with E-state index < -0.39 is 0 Å². The van der Waals surface area contributed by atoms with Gasteiger partial charge in [-0.05, 0) is 72.8 Å². The van der Waals surface area contributed by atoms with Crippen molar-refractivity contribution in [2.75, 3.05) is 15.1 Å². The molecule has 0 saturated carbocycles. The molecule has 0 aromatic heterocycles. The van der Waals surface area contributed by atoms with Crippen molar-refractivity contribution in [1.82, 2.24) is 0 Å². The van der Waals surface area contributed by atoms with E-state index in [-0.39, 0.29) is 0 Å². The van der Waals surface area contributed by atoms with Crippen LogP contribution in [0.1, 0.15) is 0 Å². The van der Waals surface area contributed by atoms with E-state index in [2.05, 4.69) is 119 Å². The number of allylic oxidation sites excluding steroid dienone is 3. The Morgan fingerprint density at radius 1 is 0.575 bits per heavy atom. The van der Waals surface area contributed by atoms with Crippen LogP contribution in [-0.4, -0.2) is 0 Å². The first kappa shape index (κ1) is 24.8. The maximum Gasteiger partial charge on any atom is 0.153 e. The fourth-order valence-corrected chi connectivity index (χ4v) is 4.92. The van der Waals surface area contributed by atoms with E-state index in [4.69, 9.17) is 4.74 Å². The molecule has 1 aliphatic rings. The quantitative estimate of drug-likeness (QED) is 0.202. The fourth-order valence-electron chi connectivity index (χ4n) is 4.92. The highest BCUT2D eigenvalue weighted by atomic mass is 16.5. The van der Waals surface area contributed by atoms with Crippen LogP contribution >= 0.6 is 0 Å². The van der Waals surface area contributed by atoms with Crippen molar-refractivity contribution in [1.29, 1.82) is 0 Å². The number of hydrogen-bond acceptors (Lipinski definition) is 4. The average molecular weight is 520 g/mol. The highest BCUT2D eigenvalue weighted by Crippen LogP contribution is 2.47. The van der Waals surface area contributed by atoms with E-state index in [1.165, 1.54) is 0 Å². The molecule has 5 aromatic rings. The molecule has 0 atom stereocenters. The SMILES string of the molecule is C=C/C=C(\C=C)N(c1ccccc1)c1ccc2c(c1)Oc1cc(N(c3ccccc3)c3ccccc3)ccc1N2. The van der Waals surface area contributed by atoms with Crippen molar-refractivity contribution in [3.8, 4) is 11.5 Å². The van der Waals surface area contributed by atoms with Crippen molar-refractivity contribution < 1.29 is 4.74 Å². The molecule has 0 saturated heterocycles. The number of ether oxygens (including phenoxy) is 1. The molecule has 194 valence electrons. The van der Waals surface area contributed by atoms with Gasteiger partial charge in [0.25, 0.3) is 0 Å². The smallest absolute Gasteiger partial charge is 0.153 e. The molecule has 0 bridgehead atoms. The van der Waals surface area contributed by atoms with Crippen molar-refractivity contribution in [3.05, 3.63) is 164 Å². The van der Waals surface area contributed by atoms with Crippen LogP contribution in [0.3, 0.4) is 0 Å². The lowest BCUT2D eigenvalue weighted by Gasteiger charge is -2.30. The highest BCUT2D eigenvalue weighted by Gasteiger charge is 2.22. The number of hydrogen-bond donors (Lipinski definition) is 1. The summed E-state index contributed by atoms with van der Waals surface area (Å²) in [6.45, 7) is 7.93. The van der Waals surface area contributed by atoms with E-state index in [9.17, 15) is 0 Å². The normalized spacial score (nSPS) is 11.8. The van der Waals surface area contributed by atoms with Crippen molar-refractivity contribution >= 4 is 39.8 Å². The lowest BCUT2D eigenvalue weighted by atomic mass is 10.1. The zero-order chi connectivity index (χ0) is 27.3. The molecule has 5 aromatic carbocycles. The minimum absolute atomic E-state index is 0.746. The van der Waals surface area contributed by atoms with Gasteiger partial charge in [0, 0.05) is 46.3 Å². The Labute approximate surface area is 235 Å². The predicted octanol–water partition coefficient (Wildman–Crippen LogP) is 10.4. The molecule has 1 N–H and O–H groups in total. The first-order valence-electron chi connectivity index (χ1n) is 13.2. The molecule has 40 heavy (non-hydrogen) atoms. The molecule has 0 amide bonds. The van der Waals surface area contributed by atoms with Gasteiger partial charge in [-0.15, -0.1) is 0 Å². The largest absolute Gasteiger partial charge is 0.453 e. The van der Waals surface area contributed by atoms with Gasteiger partial charge in [0.1, 0.15) is 0 Å². The molecule has 1 heterocycles. The van der Waals surface area contributed by atoms with Crippen molar-refractivity contribution in [2.45, 2.75) is 0 Å². The lowest BCUT2D eigenvalue weighted by Crippen LogP contribution is -2.15. The van der Waals surface area contributed by atoms with Gasteiger partial charge in [-0.2, -0.15) is 0 Å². The van der Waals surface area contributed by atoms with E-state index in [1.807, 2.05) is 48.6 Å². The molecule has 0 aliphatic carbocycles. The minimum atomic E-state index is 0.746. The van der Waals surface area contributed by atoms with Crippen LogP contribution in [0.4, 0.5) is 39.8 Å². The first-order valence-corrected chi connectivity index (χ1v) is 13.2. The summed E-state index contributed by atoms with van der Waals surface area (Å²) in [5.41, 5.74) is 7.86. The Morgan fingerprint density at radius 3 is 1.60 bits per heavy atom. The van der Waals surface area contributed by atoms with E-state index >= 15 is 0 Å². The third-order valence-electron chi connectivity index (χ3n) is 6.74. The van der Waals surface area contributed by atoms with Gasteiger partial charge in [0.15, 0.2) is 11.5 Å². The zero-order valence-corrected chi connectivity index (χ0v) is 22.1. The van der Waals surface area contributed by atoms with E-state index in [0.29, 0.717) is 0 Å². The first-order chi connectivity index (χ1) is 19.7. The summed E-state index contributed by atoms with van der Waals surface area (Å²) in [6, 6.07) is 43.4. The van der Waals surface area contributed by atoms with Crippen LogP contribution in [-0.2, 0) is 0 Å². The van der Waals surface area contributed by atoms with Crippen molar-refractivity contribution in [3.63, 3.8) is 0 Å². The van der Waals surface area contributed by atoms with Gasteiger partial charge >= 0.3 is 0 Å². The summed E-state index contributed by atoms with van der Waals surface area (Å²) in [5.74, 6) is 1.51. The minimum Gasteiger partial charge on any atom is -0.453 e. The number of para-hydroxylation sites is 3. The fraction of sp³-hybridized carbons (Fsp3) is 0. The Bertz CT molecular complexity index is 1640. The van der Waals surface area contributed by atoms with Gasteiger partial charge in [0.2, 0.25) is 0 Å². The lowest BCUT2D eigenvalue weighted by molar-refractivity contribution is 0.481. The summed E-state index contributed by atoms with van der Waals surface area (Å²) in [6.07, 6.45) is 5.55. The van der Waals surface area contributed by atoms with Gasteiger partial charge in [-0.25, -0.2) is 0 Å². The van der Waals surface area contributed by atoms with Crippen molar-refractivity contribution in [2.24, 2.45) is 0 Å². The van der Waals surface area contributed by atoms with Gasteiger partial charge < -0.3 is 19.9 Å². The third kappa shape index (κ3) is 4.86. The maximum atomic E-state index is 6.56. The summed E-state index contributed by atoms with van der Waals surface area (Å²) in [4.78, 5) is 4.36. The number of benzene rings is 5. The molecule has 0 radical (unpaired) electrons. The molecule has 4 heteroatoms. The summed E-state index contributed by atoms with van der Waals surface area (Å²) in [7, 11) is 0. The van der Waals surface area contributed by atoms with Crippen LogP contribution in [0.2, 0.25) is 0 Å². The maximum absolute atomic E-state index is 6.56. The second-order valence-electron chi connectivity index (χ2n) is 9.30. The molecule has 0 spiro atoms. The van der Waals surface area contributed by atoms with Gasteiger partial charge in [-0.1, -0.05) is 73.8 Å². The number of rotatable bonds is 8. The third-order valence-corrected chi connectivity index (χ3v) is 6.74. The second kappa shape index (κ2) is 11.1. The highest BCUT2D eigenvalue weighted by molar-refractivity contribution is 5.84. The zero-order valence-electron chi connectivity index (χ0n) is 22.1. The summed E-state index contributed by atoms with van der Waals surface area (Å²) < 4.78 is 6.56. The Morgan fingerprint density at radius 2 is 1.07 bits per heavy atom. The molecular formula is C36H29N3O. The Hall–Kier alpha value is -5.48. The van der Waals surface area contributed by atoms with Gasteiger partial charge in [0.05, 0.1) is 11.4 Å². The molecule has 0 unspecified atom stereocenters. The molecule has 4 nitrogen and oxygen atoms in total. The van der Waals surface area contributed by atoms with Crippen LogP contribution in [0.5, 0.6) is 11.5 Å². The molecule has 6 rings (SSSR count). The van der Waals surface area contributed by atoms with E-state index in [1.54, 1.807) is 6.08 Å². The molecular weight excluding hydrogens is 490 g/mol.